The first kappa shape index (κ1) is 13.7. The molecule has 0 saturated carbocycles. The molecule has 4 heteroatoms. The van der Waals surface area contributed by atoms with Crippen LogP contribution >= 0.6 is 11.8 Å². The first-order valence-electron chi connectivity index (χ1n) is 6.38. The summed E-state index contributed by atoms with van der Waals surface area (Å²) in [5, 5.41) is 3.61. The molecule has 1 heterocycles. The van der Waals surface area contributed by atoms with Gasteiger partial charge in [0.05, 0.1) is 7.11 Å². The summed E-state index contributed by atoms with van der Waals surface area (Å²) in [5.41, 5.74) is 1.07. The van der Waals surface area contributed by atoms with E-state index in [1.807, 2.05) is 17.8 Å². The lowest BCUT2D eigenvalue weighted by atomic mass is 10.1. The molecular weight excluding hydrogens is 249 g/mol. The molecule has 0 spiro atoms. The Morgan fingerprint density at radius 2 is 2.33 bits per heavy atom. The van der Waals surface area contributed by atoms with Crippen LogP contribution in [0.2, 0.25) is 0 Å². The number of methoxy groups -OCH3 is 1. The van der Waals surface area contributed by atoms with E-state index < -0.39 is 0 Å². The molecule has 1 aromatic rings. The molecule has 1 fully saturated rings. The quantitative estimate of drug-likeness (QED) is 0.905. The molecule has 1 saturated heterocycles. The predicted octanol–water partition coefficient (Wildman–Crippen LogP) is 3.38. The molecule has 2 atom stereocenters. The van der Waals surface area contributed by atoms with Crippen molar-refractivity contribution in [2.75, 3.05) is 18.6 Å². The van der Waals surface area contributed by atoms with E-state index in [2.05, 4.69) is 12.2 Å². The molecule has 100 valence electrons. The second-order valence-corrected chi connectivity index (χ2v) is 5.85. The van der Waals surface area contributed by atoms with E-state index >= 15 is 0 Å². The SMILES string of the molecule is COc1cc(C(C)NC2CCCSC2)ccc1F. The van der Waals surface area contributed by atoms with E-state index in [1.165, 1.54) is 37.5 Å². The van der Waals surface area contributed by atoms with Crippen molar-refractivity contribution in [1.82, 2.24) is 5.32 Å². The highest BCUT2D eigenvalue weighted by Crippen LogP contribution is 2.24. The molecule has 1 aliphatic rings. The Morgan fingerprint density at radius 3 is 3.00 bits per heavy atom. The third-order valence-corrected chi connectivity index (χ3v) is 4.54. The third kappa shape index (κ3) is 3.39. The standard InChI is InChI=1S/C14H20FNOS/c1-10(16-12-4-3-7-18-9-12)11-5-6-13(15)14(8-11)17-2/h5-6,8,10,12,16H,3-4,7,9H2,1-2H3. The summed E-state index contributed by atoms with van der Waals surface area (Å²) < 4.78 is 18.4. The van der Waals surface area contributed by atoms with E-state index in [0.29, 0.717) is 11.8 Å². The van der Waals surface area contributed by atoms with Crippen LogP contribution in [-0.4, -0.2) is 24.7 Å². The Kier molecular flexibility index (Phi) is 4.89. The van der Waals surface area contributed by atoms with Gasteiger partial charge in [0.1, 0.15) is 0 Å². The maximum absolute atomic E-state index is 13.3. The third-order valence-electron chi connectivity index (χ3n) is 3.32. The molecule has 2 nitrogen and oxygen atoms in total. The van der Waals surface area contributed by atoms with Crippen LogP contribution in [-0.2, 0) is 0 Å². The minimum absolute atomic E-state index is 0.225. The van der Waals surface area contributed by atoms with Gasteiger partial charge >= 0.3 is 0 Å². The summed E-state index contributed by atoms with van der Waals surface area (Å²) in [6, 6.07) is 5.87. The van der Waals surface area contributed by atoms with Crippen LogP contribution in [0.1, 0.15) is 31.4 Å². The zero-order chi connectivity index (χ0) is 13.0. The van der Waals surface area contributed by atoms with Crippen molar-refractivity contribution in [3.63, 3.8) is 0 Å². The minimum Gasteiger partial charge on any atom is -0.494 e. The Bertz CT molecular complexity index is 393. The normalized spacial score (nSPS) is 21.6. The van der Waals surface area contributed by atoms with Gasteiger partial charge in [0.25, 0.3) is 0 Å². The molecule has 1 N–H and O–H groups in total. The Balaban J connectivity index is 2.01. The van der Waals surface area contributed by atoms with E-state index in [-0.39, 0.29) is 11.9 Å². The zero-order valence-electron chi connectivity index (χ0n) is 10.9. The van der Waals surface area contributed by atoms with Gasteiger partial charge in [-0.25, -0.2) is 4.39 Å². The monoisotopic (exact) mass is 269 g/mol. The van der Waals surface area contributed by atoms with E-state index in [1.54, 1.807) is 6.07 Å². The second kappa shape index (κ2) is 6.43. The highest BCUT2D eigenvalue weighted by molar-refractivity contribution is 7.99. The number of halogens is 1. The summed E-state index contributed by atoms with van der Waals surface area (Å²) in [6.07, 6.45) is 2.51. The van der Waals surface area contributed by atoms with E-state index in [0.717, 1.165) is 5.56 Å². The molecule has 0 aliphatic carbocycles. The molecule has 1 aliphatic heterocycles. The first-order valence-corrected chi connectivity index (χ1v) is 7.53. The first-order chi connectivity index (χ1) is 8.70. The molecule has 2 rings (SSSR count). The molecular formula is C14H20FNOS. The van der Waals surface area contributed by atoms with Crippen LogP contribution in [0.15, 0.2) is 18.2 Å². The average molecular weight is 269 g/mol. The van der Waals surface area contributed by atoms with Crippen molar-refractivity contribution < 1.29 is 9.13 Å². The number of nitrogens with one attached hydrogen (secondary N) is 1. The smallest absolute Gasteiger partial charge is 0.165 e. The molecule has 1 aromatic carbocycles. The molecule has 18 heavy (non-hydrogen) atoms. The number of thioether (sulfide) groups is 1. The van der Waals surface area contributed by atoms with Crippen LogP contribution in [0, 0.1) is 5.82 Å². The summed E-state index contributed by atoms with van der Waals surface area (Å²) in [5.74, 6) is 2.46. The zero-order valence-corrected chi connectivity index (χ0v) is 11.7. The van der Waals surface area contributed by atoms with Gasteiger partial charge in [0, 0.05) is 17.8 Å². The van der Waals surface area contributed by atoms with Crippen LogP contribution in [0.25, 0.3) is 0 Å². The summed E-state index contributed by atoms with van der Waals surface area (Å²) in [4.78, 5) is 0. The predicted molar refractivity (Wildman–Crippen MR) is 74.8 cm³/mol. The van der Waals surface area contributed by atoms with Crippen LogP contribution < -0.4 is 10.1 Å². The van der Waals surface area contributed by atoms with Crippen molar-refractivity contribution in [3.8, 4) is 5.75 Å². The van der Waals surface area contributed by atoms with Crippen LogP contribution in [0.5, 0.6) is 5.75 Å². The van der Waals surface area contributed by atoms with Gasteiger partial charge in [0.2, 0.25) is 0 Å². The fraction of sp³-hybridized carbons (Fsp3) is 0.571. The lowest BCUT2D eigenvalue weighted by molar-refractivity contribution is 0.384. The van der Waals surface area contributed by atoms with E-state index in [9.17, 15) is 4.39 Å². The minimum atomic E-state index is -0.304. The molecule has 0 amide bonds. The van der Waals surface area contributed by atoms with Gasteiger partial charge in [-0.15, -0.1) is 0 Å². The lowest BCUT2D eigenvalue weighted by Crippen LogP contribution is -2.35. The second-order valence-electron chi connectivity index (χ2n) is 4.70. The van der Waals surface area contributed by atoms with E-state index in [4.69, 9.17) is 4.74 Å². The van der Waals surface area contributed by atoms with Crippen molar-refractivity contribution in [2.45, 2.75) is 31.8 Å². The number of benzene rings is 1. The van der Waals surface area contributed by atoms with Crippen LogP contribution in [0.3, 0.4) is 0 Å². The molecule has 2 unspecified atom stereocenters. The Morgan fingerprint density at radius 1 is 1.50 bits per heavy atom. The maximum Gasteiger partial charge on any atom is 0.165 e. The largest absolute Gasteiger partial charge is 0.494 e. The lowest BCUT2D eigenvalue weighted by Gasteiger charge is -2.26. The van der Waals surface area contributed by atoms with Gasteiger partial charge in [-0.2, -0.15) is 11.8 Å². The number of hydrogen-bond acceptors (Lipinski definition) is 3. The van der Waals surface area contributed by atoms with Crippen molar-refractivity contribution in [3.05, 3.63) is 29.6 Å². The Hall–Kier alpha value is -0.740. The number of hydrogen-bond donors (Lipinski definition) is 1. The topological polar surface area (TPSA) is 21.3 Å². The van der Waals surface area contributed by atoms with Crippen molar-refractivity contribution in [1.29, 1.82) is 0 Å². The highest BCUT2D eigenvalue weighted by atomic mass is 32.2. The van der Waals surface area contributed by atoms with Crippen molar-refractivity contribution >= 4 is 11.8 Å². The highest BCUT2D eigenvalue weighted by Gasteiger charge is 2.17. The fourth-order valence-corrected chi connectivity index (χ4v) is 3.35. The summed E-state index contributed by atoms with van der Waals surface area (Å²) >= 11 is 2.00. The van der Waals surface area contributed by atoms with Gasteiger partial charge in [-0.05, 0) is 43.2 Å². The number of ether oxygens (including phenoxy) is 1. The maximum atomic E-state index is 13.3. The fourth-order valence-electron chi connectivity index (χ4n) is 2.27. The van der Waals surface area contributed by atoms with Crippen LogP contribution in [0.4, 0.5) is 4.39 Å². The number of rotatable bonds is 4. The molecule has 0 bridgehead atoms. The van der Waals surface area contributed by atoms with Gasteiger partial charge < -0.3 is 10.1 Å². The van der Waals surface area contributed by atoms with Gasteiger partial charge in [-0.1, -0.05) is 6.07 Å². The average Bonchev–Trinajstić information content (AvgIpc) is 2.40. The van der Waals surface area contributed by atoms with Crippen molar-refractivity contribution in [2.24, 2.45) is 0 Å². The molecule has 0 radical (unpaired) electrons. The Labute approximate surface area is 112 Å². The van der Waals surface area contributed by atoms with Gasteiger partial charge in [0.15, 0.2) is 11.6 Å². The molecule has 0 aromatic heterocycles. The summed E-state index contributed by atoms with van der Waals surface area (Å²) in [6.45, 7) is 2.12. The van der Waals surface area contributed by atoms with Gasteiger partial charge in [-0.3, -0.25) is 0 Å². The summed E-state index contributed by atoms with van der Waals surface area (Å²) in [7, 11) is 1.50.